The van der Waals surface area contributed by atoms with Crippen molar-refractivity contribution in [3.63, 3.8) is 0 Å². The van der Waals surface area contributed by atoms with E-state index in [1.54, 1.807) is 0 Å². The molecule has 1 unspecified atom stereocenters. The standard InChI is InChI=1S/C16H24ClN3O/c1-13(18)3-2-4-16(21)20-11-9-19(10-12-20)15-7-5-14(17)6-8-15/h5-8,13H,2-4,9-12,18H2,1H3. The van der Waals surface area contributed by atoms with E-state index >= 15 is 0 Å². The Balaban J connectivity index is 1.77. The minimum absolute atomic E-state index is 0.180. The second kappa shape index (κ2) is 7.66. The van der Waals surface area contributed by atoms with Crippen LogP contribution >= 0.6 is 11.6 Å². The Morgan fingerprint density at radius 2 is 1.86 bits per heavy atom. The second-order valence-corrected chi connectivity index (χ2v) is 6.15. The summed E-state index contributed by atoms with van der Waals surface area (Å²) in [4.78, 5) is 16.4. The number of benzene rings is 1. The van der Waals surface area contributed by atoms with Crippen molar-refractivity contribution in [2.75, 3.05) is 31.1 Å². The van der Waals surface area contributed by atoms with Gasteiger partial charge in [0.15, 0.2) is 0 Å². The predicted molar refractivity (Wildman–Crippen MR) is 87.7 cm³/mol. The van der Waals surface area contributed by atoms with Crippen molar-refractivity contribution in [2.45, 2.75) is 32.2 Å². The van der Waals surface area contributed by atoms with Crippen LogP contribution in [0.15, 0.2) is 24.3 Å². The normalized spacial score (nSPS) is 16.9. The Morgan fingerprint density at radius 3 is 2.43 bits per heavy atom. The molecular weight excluding hydrogens is 286 g/mol. The molecule has 1 saturated heterocycles. The van der Waals surface area contributed by atoms with Gasteiger partial charge in [0, 0.05) is 49.4 Å². The van der Waals surface area contributed by atoms with Crippen LogP contribution in [0.3, 0.4) is 0 Å². The van der Waals surface area contributed by atoms with Gasteiger partial charge < -0.3 is 15.5 Å². The number of hydrogen-bond acceptors (Lipinski definition) is 3. The zero-order valence-electron chi connectivity index (χ0n) is 12.6. The summed E-state index contributed by atoms with van der Waals surface area (Å²) < 4.78 is 0. The molecule has 2 rings (SSSR count). The summed E-state index contributed by atoms with van der Waals surface area (Å²) in [6, 6.07) is 8.05. The summed E-state index contributed by atoms with van der Waals surface area (Å²) >= 11 is 5.91. The molecular formula is C16H24ClN3O. The van der Waals surface area contributed by atoms with Gasteiger partial charge in [0.25, 0.3) is 0 Å². The van der Waals surface area contributed by atoms with Gasteiger partial charge >= 0.3 is 0 Å². The number of carbonyl (C=O) groups is 1. The summed E-state index contributed by atoms with van der Waals surface area (Å²) in [5.74, 6) is 0.256. The van der Waals surface area contributed by atoms with Crippen LogP contribution in [0.25, 0.3) is 0 Å². The van der Waals surface area contributed by atoms with Gasteiger partial charge in [-0.1, -0.05) is 11.6 Å². The lowest BCUT2D eigenvalue weighted by Gasteiger charge is -2.36. The highest BCUT2D eigenvalue weighted by Gasteiger charge is 2.20. The van der Waals surface area contributed by atoms with E-state index in [1.807, 2.05) is 36.1 Å². The maximum atomic E-state index is 12.1. The van der Waals surface area contributed by atoms with Crippen molar-refractivity contribution in [3.8, 4) is 0 Å². The molecule has 1 atom stereocenters. The number of carbonyl (C=O) groups excluding carboxylic acids is 1. The molecule has 4 nitrogen and oxygen atoms in total. The van der Waals surface area contributed by atoms with Crippen LogP contribution in [0, 0.1) is 0 Å². The highest BCUT2D eigenvalue weighted by molar-refractivity contribution is 6.30. The molecule has 1 aromatic carbocycles. The van der Waals surface area contributed by atoms with Crippen molar-refractivity contribution in [1.29, 1.82) is 0 Å². The first-order chi connectivity index (χ1) is 10.1. The Kier molecular flexibility index (Phi) is 5.88. The van der Waals surface area contributed by atoms with Crippen LogP contribution in [0.1, 0.15) is 26.2 Å². The largest absolute Gasteiger partial charge is 0.368 e. The van der Waals surface area contributed by atoms with Crippen LogP contribution in [-0.4, -0.2) is 43.0 Å². The molecule has 0 saturated carbocycles. The maximum absolute atomic E-state index is 12.1. The van der Waals surface area contributed by atoms with Gasteiger partial charge in [-0.3, -0.25) is 4.79 Å². The van der Waals surface area contributed by atoms with Crippen LogP contribution in [0.2, 0.25) is 5.02 Å². The lowest BCUT2D eigenvalue weighted by molar-refractivity contribution is -0.131. The van der Waals surface area contributed by atoms with Crippen molar-refractivity contribution in [1.82, 2.24) is 4.90 Å². The fraction of sp³-hybridized carbons (Fsp3) is 0.562. The van der Waals surface area contributed by atoms with E-state index in [0.29, 0.717) is 6.42 Å². The Bertz CT molecular complexity index is 453. The first-order valence-electron chi connectivity index (χ1n) is 7.60. The van der Waals surface area contributed by atoms with Crippen molar-refractivity contribution in [3.05, 3.63) is 29.3 Å². The lowest BCUT2D eigenvalue weighted by atomic mass is 10.1. The zero-order valence-corrected chi connectivity index (χ0v) is 13.4. The summed E-state index contributed by atoms with van der Waals surface area (Å²) in [6.07, 6.45) is 2.41. The molecule has 0 aliphatic carbocycles. The molecule has 1 aliphatic heterocycles. The number of nitrogens with two attached hydrogens (primary N) is 1. The molecule has 116 valence electrons. The van der Waals surface area contributed by atoms with Gasteiger partial charge in [-0.2, -0.15) is 0 Å². The maximum Gasteiger partial charge on any atom is 0.222 e. The molecule has 5 heteroatoms. The quantitative estimate of drug-likeness (QED) is 0.909. The Hall–Kier alpha value is -1.26. The van der Waals surface area contributed by atoms with Crippen LogP contribution < -0.4 is 10.6 Å². The predicted octanol–water partition coefficient (Wildman–Crippen LogP) is 2.51. The smallest absolute Gasteiger partial charge is 0.222 e. The first-order valence-corrected chi connectivity index (χ1v) is 7.98. The third kappa shape index (κ3) is 4.90. The van der Waals surface area contributed by atoms with Crippen LogP contribution in [0.4, 0.5) is 5.69 Å². The molecule has 0 spiro atoms. The first kappa shape index (κ1) is 16.1. The topological polar surface area (TPSA) is 49.6 Å². The molecule has 1 fully saturated rings. The number of rotatable bonds is 5. The van der Waals surface area contributed by atoms with E-state index in [1.165, 1.54) is 5.69 Å². The van der Waals surface area contributed by atoms with Gasteiger partial charge in [-0.25, -0.2) is 0 Å². The number of piperazine rings is 1. The van der Waals surface area contributed by atoms with E-state index in [-0.39, 0.29) is 11.9 Å². The second-order valence-electron chi connectivity index (χ2n) is 5.71. The average molecular weight is 310 g/mol. The van der Waals surface area contributed by atoms with E-state index in [4.69, 9.17) is 17.3 Å². The average Bonchev–Trinajstić information content (AvgIpc) is 2.48. The van der Waals surface area contributed by atoms with Crippen molar-refractivity contribution >= 4 is 23.2 Å². The van der Waals surface area contributed by atoms with E-state index in [2.05, 4.69) is 4.90 Å². The monoisotopic (exact) mass is 309 g/mol. The molecule has 21 heavy (non-hydrogen) atoms. The molecule has 1 heterocycles. The Labute approximate surface area is 131 Å². The summed E-state index contributed by atoms with van der Waals surface area (Å²) in [5.41, 5.74) is 6.88. The van der Waals surface area contributed by atoms with Gasteiger partial charge in [0.2, 0.25) is 5.91 Å². The van der Waals surface area contributed by atoms with Crippen LogP contribution in [-0.2, 0) is 4.79 Å². The summed E-state index contributed by atoms with van der Waals surface area (Å²) in [5, 5.41) is 0.752. The SMILES string of the molecule is CC(N)CCCC(=O)N1CCN(c2ccc(Cl)cc2)CC1. The van der Waals surface area contributed by atoms with E-state index in [0.717, 1.165) is 44.0 Å². The number of hydrogen-bond donors (Lipinski definition) is 1. The van der Waals surface area contributed by atoms with Crippen molar-refractivity contribution in [2.24, 2.45) is 5.73 Å². The molecule has 0 aromatic heterocycles. The van der Waals surface area contributed by atoms with Gasteiger partial charge in [0.05, 0.1) is 0 Å². The number of halogens is 1. The highest BCUT2D eigenvalue weighted by Crippen LogP contribution is 2.19. The molecule has 2 N–H and O–H groups in total. The molecule has 0 radical (unpaired) electrons. The Morgan fingerprint density at radius 1 is 1.24 bits per heavy atom. The minimum atomic E-state index is 0.180. The van der Waals surface area contributed by atoms with E-state index < -0.39 is 0 Å². The summed E-state index contributed by atoms with van der Waals surface area (Å²) in [6.45, 7) is 5.32. The van der Waals surface area contributed by atoms with Crippen molar-refractivity contribution < 1.29 is 4.79 Å². The zero-order chi connectivity index (χ0) is 15.2. The number of anilines is 1. The molecule has 1 amide bonds. The fourth-order valence-electron chi connectivity index (χ4n) is 2.60. The minimum Gasteiger partial charge on any atom is -0.368 e. The van der Waals surface area contributed by atoms with Gasteiger partial charge in [-0.05, 0) is 44.0 Å². The third-order valence-corrected chi connectivity index (χ3v) is 4.13. The third-order valence-electron chi connectivity index (χ3n) is 3.87. The molecule has 1 aliphatic rings. The summed E-state index contributed by atoms with van der Waals surface area (Å²) in [7, 11) is 0. The molecule has 1 aromatic rings. The number of amides is 1. The highest BCUT2D eigenvalue weighted by atomic mass is 35.5. The van der Waals surface area contributed by atoms with Gasteiger partial charge in [0.1, 0.15) is 0 Å². The number of nitrogens with zero attached hydrogens (tertiary/aromatic N) is 2. The van der Waals surface area contributed by atoms with E-state index in [9.17, 15) is 4.79 Å². The fourth-order valence-corrected chi connectivity index (χ4v) is 2.73. The van der Waals surface area contributed by atoms with Crippen LogP contribution in [0.5, 0.6) is 0 Å². The lowest BCUT2D eigenvalue weighted by Crippen LogP contribution is -2.48. The molecule has 0 bridgehead atoms. The van der Waals surface area contributed by atoms with Gasteiger partial charge in [-0.15, -0.1) is 0 Å².